The number of benzene rings is 2. The van der Waals surface area contributed by atoms with Gasteiger partial charge in [-0.2, -0.15) is 0 Å². The smallest absolute Gasteiger partial charge is 0.0658 e. The van der Waals surface area contributed by atoms with Crippen LogP contribution in [-0.4, -0.2) is 53.0 Å². The minimum atomic E-state index is -0.173. The second kappa shape index (κ2) is 19.5. The molecule has 0 fully saturated rings. The van der Waals surface area contributed by atoms with Gasteiger partial charge in [0.1, 0.15) is 0 Å². The fourth-order valence-corrected chi connectivity index (χ4v) is 4.09. The van der Waals surface area contributed by atoms with Crippen molar-refractivity contribution in [3.8, 4) is 11.5 Å². The van der Waals surface area contributed by atoms with Crippen LogP contribution >= 0.6 is 0 Å². The normalized spacial score (nSPS) is 12.2. The SMILES string of the molecule is COCCN=Cc1cc(C(C)(C)C)cc(C(C)(C)C)c1[O-].COCCN=Cc1cc(C(C)(C)C)cc(C(C)(C)C)c1[O-].[Mo].[O-2].[O-2]. The molecule has 0 saturated heterocycles. The monoisotopic (exact) mass is 710 g/mol. The molecule has 45 heavy (non-hydrogen) atoms. The van der Waals surface area contributed by atoms with Gasteiger partial charge in [0.05, 0.1) is 26.3 Å². The van der Waals surface area contributed by atoms with Crippen molar-refractivity contribution in [3.63, 3.8) is 0 Å². The summed E-state index contributed by atoms with van der Waals surface area (Å²) in [6.45, 7) is 27.6. The van der Waals surface area contributed by atoms with E-state index in [-0.39, 0.29) is 65.2 Å². The van der Waals surface area contributed by atoms with E-state index in [1.807, 2.05) is 12.1 Å². The Labute approximate surface area is 287 Å². The van der Waals surface area contributed by atoms with Crippen LogP contribution < -0.4 is 10.2 Å². The van der Waals surface area contributed by atoms with E-state index in [0.717, 1.165) is 11.1 Å². The van der Waals surface area contributed by atoms with Crippen LogP contribution in [0.2, 0.25) is 0 Å². The molecule has 0 saturated carbocycles. The molecule has 2 aromatic carbocycles. The van der Waals surface area contributed by atoms with Crippen LogP contribution in [0.4, 0.5) is 0 Å². The second-order valence-corrected chi connectivity index (χ2v) is 14.9. The van der Waals surface area contributed by atoms with Gasteiger partial charge in [0.25, 0.3) is 0 Å². The Hall–Kier alpha value is -2.09. The molecule has 2 rings (SSSR count). The maximum Gasteiger partial charge on any atom is 0.0658 e. The molecule has 0 amide bonds. The predicted octanol–water partition coefficient (Wildman–Crippen LogP) is 6.60. The van der Waals surface area contributed by atoms with Gasteiger partial charge < -0.3 is 30.6 Å². The van der Waals surface area contributed by atoms with Gasteiger partial charge in [-0.1, -0.05) is 119 Å². The molecule has 0 aliphatic carbocycles. The first kappa shape index (κ1) is 47.3. The molecule has 0 bridgehead atoms. The van der Waals surface area contributed by atoms with Crippen LogP contribution in [-0.2, 0) is 63.2 Å². The van der Waals surface area contributed by atoms with Gasteiger partial charge >= 0.3 is 0 Å². The first-order valence-electron chi connectivity index (χ1n) is 14.8. The number of rotatable bonds is 8. The van der Waals surface area contributed by atoms with E-state index in [0.29, 0.717) is 37.4 Å². The van der Waals surface area contributed by atoms with Crippen molar-refractivity contribution >= 4 is 12.4 Å². The Morgan fingerprint density at radius 1 is 0.556 bits per heavy atom. The van der Waals surface area contributed by atoms with Crippen molar-refractivity contribution in [2.24, 2.45) is 9.98 Å². The van der Waals surface area contributed by atoms with E-state index in [4.69, 9.17) is 9.47 Å². The van der Waals surface area contributed by atoms with E-state index < -0.39 is 0 Å². The molecule has 9 heteroatoms. The summed E-state index contributed by atoms with van der Waals surface area (Å²) in [7, 11) is 3.29. The van der Waals surface area contributed by atoms with E-state index >= 15 is 0 Å². The van der Waals surface area contributed by atoms with Gasteiger partial charge in [-0.05, 0) is 55.0 Å². The molecule has 0 radical (unpaired) electrons. The van der Waals surface area contributed by atoms with Crippen LogP contribution in [0.3, 0.4) is 0 Å². The van der Waals surface area contributed by atoms with Gasteiger partial charge in [0.2, 0.25) is 0 Å². The molecule has 8 nitrogen and oxygen atoms in total. The van der Waals surface area contributed by atoms with Crippen molar-refractivity contribution in [1.29, 1.82) is 0 Å². The molecule has 0 aliphatic rings. The van der Waals surface area contributed by atoms with Gasteiger partial charge in [-0.3, -0.25) is 9.98 Å². The molecular weight excluding hydrogens is 652 g/mol. The second-order valence-electron chi connectivity index (χ2n) is 14.9. The van der Waals surface area contributed by atoms with Crippen LogP contribution in [0.5, 0.6) is 11.5 Å². The van der Waals surface area contributed by atoms with Crippen molar-refractivity contribution in [3.05, 3.63) is 57.6 Å². The third kappa shape index (κ3) is 15.4. The molecule has 0 spiro atoms. The predicted molar refractivity (Wildman–Crippen MR) is 177 cm³/mol. The van der Waals surface area contributed by atoms with Crippen molar-refractivity contribution < 1.29 is 51.7 Å². The fourth-order valence-electron chi connectivity index (χ4n) is 4.09. The summed E-state index contributed by atoms with van der Waals surface area (Å²) >= 11 is 0. The zero-order chi connectivity index (χ0) is 32.5. The third-order valence-electron chi connectivity index (χ3n) is 6.89. The van der Waals surface area contributed by atoms with E-state index in [2.05, 4.69) is 105 Å². The average molecular weight is 709 g/mol. The minimum absolute atomic E-state index is 0. The fraction of sp³-hybridized carbons (Fsp3) is 0.611. The largest absolute Gasteiger partial charge is 2.00 e. The molecule has 258 valence electrons. The Kier molecular flexibility index (Phi) is 20.5. The molecule has 2 aromatic rings. The maximum absolute atomic E-state index is 12.6. The van der Waals surface area contributed by atoms with E-state index in [9.17, 15) is 10.2 Å². The van der Waals surface area contributed by atoms with Crippen LogP contribution in [0, 0.1) is 0 Å². The van der Waals surface area contributed by atoms with E-state index in [1.165, 1.54) is 11.1 Å². The number of methoxy groups -OCH3 is 2. The third-order valence-corrected chi connectivity index (χ3v) is 6.89. The summed E-state index contributed by atoms with van der Waals surface area (Å²) in [6.07, 6.45) is 3.37. The van der Waals surface area contributed by atoms with Gasteiger partial charge in [-0.15, -0.1) is 0 Å². The van der Waals surface area contributed by atoms with Crippen LogP contribution in [0.1, 0.15) is 116 Å². The summed E-state index contributed by atoms with van der Waals surface area (Å²) in [5, 5.41) is 25.3. The first-order valence-corrected chi connectivity index (χ1v) is 14.8. The number of hydrogen-bond donors (Lipinski definition) is 0. The molecule has 0 unspecified atom stereocenters. The molecule has 0 N–H and O–H groups in total. The molecule has 0 heterocycles. The topological polar surface area (TPSA) is 146 Å². The van der Waals surface area contributed by atoms with Gasteiger partial charge in [0, 0.05) is 47.7 Å². The summed E-state index contributed by atoms with van der Waals surface area (Å²) in [5.41, 5.74) is 5.03. The Balaban J connectivity index is -0.000000735. The summed E-state index contributed by atoms with van der Waals surface area (Å²) in [5.74, 6) is 0.160. The number of hydrogen-bond acceptors (Lipinski definition) is 6. The quantitative estimate of drug-likeness (QED) is 0.173. The molecule has 0 aliphatic heterocycles. The Morgan fingerprint density at radius 2 is 0.844 bits per heavy atom. The zero-order valence-corrected chi connectivity index (χ0v) is 32.1. The molecule has 0 atom stereocenters. The van der Waals surface area contributed by atoms with Crippen molar-refractivity contribution in [2.75, 3.05) is 40.5 Å². The average Bonchev–Trinajstić information content (AvgIpc) is 2.83. The Bertz CT molecular complexity index is 1120. The standard InChI is InChI=1S/2C18H29NO2.Mo.2O/c2*1-17(2,3)14-10-13(12-19-8-9-21-7)16(20)15(11-14)18(4,5)6;;;/h2*10-12,20H,8-9H2,1-7H3;;;/q;;;2*-2/p-2. The number of nitrogens with zero attached hydrogens (tertiary/aromatic N) is 2. The summed E-state index contributed by atoms with van der Waals surface area (Å²) < 4.78 is 9.95. The molecule has 0 aromatic heterocycles. The van der Waals surface area contributed by atoms with Crippen molar-refractivity contribution in [2.45, 2.75) is 105 Å². The maximum atomic E-state index is 12.6. The van der Waals surface area contributed by atoms with Crippen LogP contribution in [0.25, 0.3) is 0 Å². The minimum Gasteiger partial charge on any atom is -2.00 e. The number of aliphatic imine (C=N–C) groups is 2. The number of ether oxygens (including phenoxy) is 2. The van der Waals surface area contributed by atoms with Gasteiger partial charge in [0.15, 0.2) is 0 Å². The summed E-state index contributed by atoms with van der Waals surface area (Å²) in [6, 6.07) is 8.03. The summed E-state index contributed by atoms with van der Waals surface area (Å²) in [4.78, 5) is 8.58. The molecular formula is C36H56MoN2O6-6. The van der Waals surface area contributed by atoms with Gasteiger partial charge in [-0.25, -0.2) is 0 Å². The van der Waals surface area contributed by atoms with Crippen LogP contribution in [0.15, 0.2) is 34.3 Å². The van der Waals surface area contributed by atoms with E-state index in [1.54, 1.807) is 26.6 Å². The zero-order valence-electron chi connectivity index (χ0n) is 30.0. The Morgan fingerprint density at radius 3 is 1.07 bits per heavy atom. The van der Waals surface area contributed by atoms with Crippen molar-refractivity contribution in [1.82, 2.24) is 0 Å². The first-order chi connectivity index (χ1) is 19.1.